The van der Waals surface area contributed by atoms with Gasteiger partial charge in [0.25, 0.3) is 5.91 Å². The zero-order valence-electron chi connectivity index (χ0n) is 20.6. The van der Waals surface area contributed by atoms with Crippen molar-refractivity contribution in [3.63, 3.8) is 0 Å². The van der Waals surface area contributed by atoms with Gasteiger partial charge in [-0.2, -0.15) is 0 Å². The van der Waals surface area contributed by atoms with Crippen LogP contribution in [0.5, 0.6) is 0 Å². The summed E-state index contributed by atoms with van der Waals surface area (Å²) in [6.07, 6.45) is 2.08. The molecule has 2 saturated heterocycles. The third-order valence-corrected chi connectivity index (χ3v) is 7.03. The summed E-state index contributed by atoms with van der Waals surface area (Å²) < 4.78 is 11.3. The molecule has 1 atom stereocenters. The highest BCUT2D eigenvalue weighted by Gasteiger charge is 2.27. The first-order valence-electron chi connectivity index (χ1n) is 12.6. The van der Waals surface area contributed by atoms with Crippen molar-refractivity contribution in [2.45, 2.75) is 32.8 Å². The predicted molar refractivity (Wildman–Crippen MR) is 140 cm³/mol. The van der Waals surface area contributed by atoms with Gasteiger partial charge in [0.15, 0.2) is 0 Å². The van der Waals surface area contributed by atoms with Crippen LogP contribution in [0.25, 0.3) is 22.0 Å². The van der Waals surface area contributed by atoms with Crippen LogP contribution in [0.3, 0.4) is 0 Å². The third-order valence-electron chi connectivity index (χ3n) is 7.03. The van der Waals surface area contributed by atoms with Gasteiger partial charge in [0.2, 0.25) is 0 Å². The number of piperidine rings is 1. The van der Waals surface area contributed by atoms with Gasteiger partial charge in [-0.1, -0.05) is 18.2 Å². The molecule has 5 rings (SSSR count). The van der Waals surface area contributed by atoms with Crippen LogP contribution in [-0.4, -0.2) is 67.9 Å². The van der Waals surface area contributed by atoms with Gasteiger partial charge in [-0.05, 0) is 67.6 Å². The Labute approximate surface area is 206 Å². The van der Waals surface area contributed by atoms with Gasteiger partial charge in [-0.3, -0.25) is 4.79 Å². The SMILES string of the molecule is CCOC1CCCN(C(=O)c2cccc(C)c2-c2ccc3nc(N)c(N4CCOCC4)cc3c2)C1. The number of pyridine rings is 1. The maximum absolute atomic E-state index is 13.7. The number of morpholine rings is 1. The highest BCUT2D eigenvalue weighted by atomic mass is 16.5. The van der Waals surface area contributed by atoms with Crippen LogP contribution in [0.2, 0.25) is 0 Å². The van der Waals surface area contributed by atoms with E-state index in [9.17, 15) is 4.79 Å². The highest BCUT2D eigenvalue weighted by Crippen LogP contribution is 2.34. The molecular formula is C28H34N4O3. The number of amides is 1. The normalized spacial score (nSPS) is 18.7. The Hall–Kier alpha value is -3.16. The highest BCUT2D eigenvalue weighted by molar-refractivity contribution is 6.03. The van der Waals surface area contributed by atoms with E-state index in [1.165, 1.54) is 0 Å². The van der Waals surface area contributed by atoms with Crippen LogP contribution in [-0.2, 0) is 9.47 Å². The molecule has 1 amide bonds. The Morgan fingerprint density at radius 1 is 1.17 bits per heavy atom. The maximum Gasteiger partial charge on any atom is 0.254 e. The summed E-state index contributed by atoms with van der Waals surface area (Å²) in [7, 11) is 0. The number of carbonyl (C=O) groups excluding carboxylic acids is 1. The van der Waals surface area contributed by atoms with Crippen molar-refractivity contribution >= 4 is 28.3 Å². The number of hydrogen-bond acceptors (Lipinski definition) is 6. The molecule has 2 aliphatic heterocycles. The first-order valence-corrected chi connectivity index (χ1v) is 12.6. The number of fused-ring (bicyclic) bond motifs is 1. The summed E-state index contributed by atoms with van der Waals surface area (Å²) in [6.45, 7) is 9.12. The summed E-state index contributed by atoms with van der Waals surface area (Å²) in [6, 6.07) is 14.3. The molecule has 3 heterocycles. The number of anilines is 2. The number of rotatable bonds is 5. The number of nitrogens with zero attached hydrogens (tertiary/aromatic N) is 3. The van der Waals surface area contributed by atoms with E-state index in [2.05, 4.69) is 35.0 Å². The molecule has 35 heavy (non-hydrogen) atoms. The number of hydrogen-bond donors (Lipinski definition) is 1. The fourth-order valence-corrected chi connectivity index (χ4v) is 5.29. The van der Waals surface area contributed by atoms with Crippen molar-refractivity contribution in [3.05, 3.63) is 53.6 Å². The first-order chi connectivity index (χ1) is 17.0. The summed E-state index contributed by atoms with van der Waals surface area (Å²) in [5.74, 6) is 0.602. The van der Waals surface area contributed by atoms with Crippen LogP contribution in [0, 0.1) is 6.92 Å². The molecule has 2 N–H and O–H groups in total. The number of likely N-dealkylation sites (tertiary alicyclic amines) is 1. The average Bonchev–Trinajstić information content (AvgIpc) is 2.88. The Morgan fingerprint density at radius 3 is 2.80 bits per heavy atom. The molecule has 7 nitrogen and oxygen atoms in total. The lowest BCUT2D eigenvalue weighted by Crippen LogP contribution is -2.43. The molecule has 3 aromatic rings. The molecule has 0 aliphatic carbocycles. The van der Waals surface area contributed by atoms with E-state index in [4.69, 9.17) is 15.2 Å². The smallest absolute Gasteiger partial charge is 0.254 e. The van der Waals surface area contributed by atoms with Crippen molar-refractivity contribution in [1.29, 1.82) is 0 Å². The minimum atomic E-state index is 0.0673. The molecule has 1 aromatic heterocycles. The lowest BCUT2D eigenvalue weighted by molar-refractivity contribution is 0.00727. The largest absolute Gasteiger partial charge is 0.382 e. The van der Waals surface area contributed by atoms with Gasteiger partial charge in [0, 0.05) is 43.7 Å². The van der Waals surface area contributed by atoms with E-state index >= 15 is 0 Å². The lowest BCUT2D eigenvalue weighted by atomic mass is 9.92. The number of nitrogen functional groups attached to an aromatic ring is 1. The van der Waals surface area contributed by atoms with Crippen LogP contribution in [0.1, 0.15) is 35.7 Å². The molecule has 0 bridgehead atoms. The fraction of sp³-hybridized carbons (Fsp3) is 0.429. The van der Waals surface area contributed by atoms with Crippen molar-refractivity contribution in [2.75, 3.05) is 56.6 Å². The predicted octanol–water partition coefficient (Wildman–Crippen LogP) is 4.27. The van der Waals surface area contributed by atoms with E-state index < -0.39 is 0 Å². The number of ether oxygens (including phenoxy) is 2. The number of carbonyl (C=O) groups is 1. The zero-order valence-corrected chi connectivity index (χ0v) is 20.6. The Balaban J connectivity index is 1.52. The third kappa shape index (κ3) is 4.83. The van der Waals surface area contributed by atoms with Crippen molar-refractivity contribution < 1.29 is 14.3 Å². The molecular weight excluding hydrogens is 440 g/mol. The number of benzene rings is 2. The lowest BCUT2D eigenvalue weighted by Gasteiger charge is -2.33. The monoisotopic (exact) mass is 474 g/mol. The molecule has 0 radical (unpaired) electrons. The van der Waals surface area contributed by atoms with E-state index in [1.54, 1.807) is 0 Å². The minimum Gasteiger partial charge on any atom is -0.382 e. The van der Waals surface area contributed by atoms with Crippen LogP contribution in [0.15, 0.2) is 42.5 Å². The van der Waals surface area contributed by atoms with Gasteiger partial charge in [-0.25, -0.2) is 4.98 Å². The average molecular weight is 475 g/mol. The van der Waals surface area contributed by atoms with Crippen molar-refractivity contribution in [2.24, 2.45) is 0 Å². The second-order valence-corrected chi connectivity index (χ2v) is 9.37. The molecule has 2 aliphatic rings. The standard InChI is InChI=1S/C28H34N4O3/c1-3-35-22-7-5-11-32(18-22)28(33)23-8-4-6-19(2)26(23)20-9-10-24-21(16-20)17-25(27(29)30-24)31-12-14-34-15-13-31/h4,6,8-10,16-17,22H,3,5,7,11-15,18H2,1-2H3,(H2,29,30). The Bertz CT molecular complexity index is 1220. The second kappa shape index (κ2) is 10.2. The summed E-state index contributed by atoms with van der Waals surface area (Å²) in [5, 5.41) is 1.01. The molecule has 1 unspecified atom stereocenters. The molecule has 0 spiro atoms. The van der Waals surface area contributed by atoms with E-state index in [-0.39, 0.29) is 12.0 Å². The summed E-state index contributed by atoms with van der Waals surface area (Å²) >= 11 is 0. The zero-order chi connectivity index (χ0) is 24.4. The van der Waals surface area contributed by atoms with Gasteiger partial charge in [0.05, 0.1) is 30.5 Å². The number of nitrogens with two attached hydrogens (primary N) is 1. The molecule has 2 aromatic carbocycles. The van der Waals surface area contributed by atoms with E-state index in [1.807, 2.05) is 36.1 Å². The number of aromatic nitrogens is 1. The molecule has 0 saturated carbocycles. The molecule has 184 valence electrons. The van der Waals surface area contributed by atoms with Gasteiger partial charge >= 0.3 is 0 Å². The van der Waals surface area contributed by atoms with Crippen LogP contribution < -0.4 is 10.6 Å². The Kier molecular flexibility index (Phi) is 6.88. The quantitative estimate of drug-likeness (QED) is 0.595. The van der Waals surface area contributed by atoms with Crippen molar-refractivity contribution in [1.82, 2.24) is 9.88 Å². The summed E-state index contributed by atoms with van der Waals surface area (Å²) in [5.41, 5.74) is 11.9. The molecule has 2 fully saturated rings. The summed E-state index contributed by atoms with van der Waals surface area (Å²) in [4.78, 5) is 22.5. The van der Waals surface area contributed by atoms with Gasteiger partial charge in [-0.15, -0.1) is 0 Å². The van der Waals surface area contributed by atoms with Gasteiger partial charge in [0.1, 0.15) is 5.82 Å². The van der Waals surface area contributed by atoms with Crippen LogP contribution in [0.4, 0.5) is 11.5 Å². The van der Waals surface area contributed by atoms with Crippen molar-refractivity contribution in [3.8, 4) is 11.1 Å². The molecule has 7 heteroatoms. The fourth-order valence-electron chi connectivity index (χ4n) is 5.29. The number of aryl methyl sites for hydroxylation is 1. The Morgan fingerprint density at radius 2 is 2.00 bits per heavy atom. The minimum absolute atomic E-state index is 0.0673. The first kappa shape index (κ1) is 23.6. The topological polar surface area (TPSA) is 80.9 Å². The van der Waals surface area contributed by atoms with E-state index in [0.717, 1.165) is 71.3 Å². The van der Waals surface area contributed by atoms with Crippen LogP contribution >= 0.6 is 0 Å². The second-order valence-electron chi connectivity index (χ2n) is 9.37. The van der Waals surface area contributed by atoms with Gasteiger partial charge < -0.3 is 25.0 Å². The maximum atomic E-state index is 13.7. The van der Waals surface area contributed by atoms with E-state index in [0.29, 0.717) is 32.2 Å².